The maximum absolute atomic E-state index is 6.03. The minimum Gasteiger partial charge on any atom is -0.241 e. The number of hydrogen-bond donors (Lipinski definition) is 0. The fourth-order valence-corrected chi connectivity index (χ4v) is 1.32. The van der Waals surface area contributed by atoms with Crippen LogP contribution in [0.3, 0.4) is 0 Å². The minimum atomic E-state index is 0.102. The van der Waals surface area contributed by atoms with Gasteiger partial charge in [-0.1, -0.05) is 20.8 Å². The van der Waals surface area contributed by atoms with E-state index >= 15 is 0 Å². The lowest BCUT2D eigenvalue weighted by molar-refractivity contribution is 0.700. The Bertz CT molecular complexity index is 297. The van der Waals surface area contributed by atoms with Crippen molar-refractivity contribution in [2.45, 2.75) is 44.9 Å². The molecule has 0 amide bonds. The van der Waals surface area contributed by atoms with Crippen molar-refractivity contribution in [2.75, 3.05) is 0 Å². The molecule has 2 atom stereocenters. The molecule has 0 spiro atoms. The third-order valence-electron chi connectivity index (χ3n) is 2.46. The molecule has 0 aromatic carbocycles. The highest BCUT2D eigenvalue weighted by Gasteiger charge is 2.14. The first kappa shape index (κ1) is 11.4. The quantitative estimate of drug-likeness (QED) is 0.719. The van der Waals surface area contributed by atoms with Crippen molar-refractivity contribution in [1.82, 2.24) is 9.97 Å². The van der Waals surface area contributed by atoms with Crippen molar-refractivity contribution < 1.29 is 0 Å². The van der Waals surface area contributed by atoms with Crippen molar-refractivity contribution in [2.24, 2.45) is 0 Å². The van der Waals surface area contributed by atoms with Gasteiger partial charge < -0.3 is 0 Å². The molecule has 1 rings (SSSR count). The number of rotatable bonds is 3. The molecule has 0 saturated carbocycles. The summed E-state index contributed by atoms with van der Waals surface area (Å²) >= 11 is 6.03. The van der Waals surface area contributed by atoms with Gasteiger partial charge in [0.25, 0.3) is 0 Å². The smallest absolute Gasteiger partial charge is 0.115 e. The van der Waals surface area contributed by atoms with Gasteiger partial charge in [-0.25, -0.2) is 9.97 Å². The first-order valence-corrected chi connectivity index (χ1v) is 5.42. The van der Waals surface area contributed by atoms with Crippen LogP contribution in [0.2, 0.25) is 0 Å². The largest absolute Gasteiger partial charge is 0.241 e. The van der Waals surface area contributed by atoms with Crippen LogP contribution in [-0.2, 0) is 0 Å². The highest BCUT2D eigenvalue weighted by atomic mass is 35.5. The molecule has 0 aliphatic rings. The molecule has 2 unspecified atom stereocenters. The van der Waals surface area contributed by atoms with Crippen molar-refractivity contribution in [3.05, 3.63) is 23.8 Å². The average Bonchev–Trinajstić information content (AvgIpc) is 2.16. The van der Waals surface area contributed by atoms with Gasteiger partial charge in [0.05, 0.1) is 0 Å². The van der Waals surface area contributed by atoms with Gasteiger partial charge in [0.1, 0.15) is 6.33 Å². The van der Waals surface area contributed by atoms with E-state index in [2.05, 4.69) is 30.7 Å². The summed E-state index contributed by atoms with van der Waals surface area (Å²) in [7, 11) is 0. The molecule has 0 saturated heterocycles. The van der Waals surface area contributed by atoms with Crippen LogP contribution in [-0.4, -0.2) is 15.3 Å². The molecular weight excluding hydrogens is 196 g/mol. The zero-order valence-electron chi connectivity index (χ0n) is 9.16. The van der Waals surface area contributed by atoms with E-state index in [-0.39, 0.29) is 11.3 Å². The van der Waals surface area contributed by atoms with Crippen molar-refractivity contribution in [3.8, 4) is 0 Å². The SMILES string of the molecule is CC(C)c1cc(C(C)C(C)Cl)ncn1. The summed E-state index contributed by atoms with van der Waals surface area (Å²) < 4.78 is 0. The molecule has 2 nitrogen and oxygen atoms in total. The third-order valence-corrected chi connectivity index (χ3v) is 2.83. The molecule has 1 aromatic rings. The number of alkyl halides is 1. The van der Waals surface area contributed by atoms with E-state index in [0.29, 0.717) is 5.92 Å². The van der Waals surface area contributed by atoms with Gasteiger partial charge in [-0.15, -0.1) is 11.6 Å². The van der Waals surface area contributed by atoms with Crippen molar-refractivity contribution in [1.29, 1.82) is 0 Å². The van der Waals surface area contributed by atoms with Gasteiger partial charge in [0, 0.05) is 22.7 Å². The van der Waals surface area contributed by atoms with Crippen LogP contribution in [0.5, 0.6) is 0 Å². The van der Waals surface area contributed by atoms with Crippen LogP contribution in [0.1, 0.15) is 50.9 Å². The number of hydrogen-bond acceptors (Lipinski definition) is 2. The van der Waals surface area contributed by atoms with E-state index in [1.165, 1.54) is 0 Å². The van der Waals surface area contributed by atoms with E-state index in [1.54, 1.807) is 6.33 Å². The van der Waals surface area contributed by atoms with Crippen LogP contribution in [0.4, 0.5) is 0 Å². The summed E-state index contributed by atoms with van der Waals surface area (Å²) in [6.07, 6.45) is 1.63. The van der Waals surface area contributed by atoms with Crippen LogP contribution < -0.4 is 0 Å². The number of aromatic nitrogens is 2. The normalized spacial score (nSPS) is 15.6. The Kier molecular flexibility index (Phi) is 3.87. The Labute approximate surface area is 90.7 Å². The van der Waals surface area contributed by atoms with Gasteiger partial charge >= 0.3 is 0 Å². The monoisotopic (exact) mass is 212 g/mol. The Morgan fingerprint density at radius 2 is 1.64 bits per heavy atom. The molecule has 1 aromatic heterocycles. The summed E-state index contributed by atoms with van der Waals surface area (Å²) in [5, 5.41) is 0.102. The lowest BCUT2D eigenvalue weighted by Crippen LogP contribution is -2.08. The van der Waals surface area contributed by atoms with Gasteiger partial charge in [0.2, 0.25) is 0 Å². The second-order valence-corrected chi connectivity index (χ2v) is 4.68. The number of nitrogens with zero attached hydrogens (tertiary/aromatic N) is 2. The summed E-state index contributed by atoms with van der Waals surface area (Å²) in [6.45, 7) is 8.33. The Morgan fingerprint density at radius 3 is 2.14 bits per heavy atom. The minimum absolute atomic E-state index is 0.102. The first-order valence-electron chi connectivity index (χ1n) is 4.98. The average molecular weight is 213 g/mol. The van der Waals surface area contributed by atoms with Crippen LogP contribution in [0.15, 0.2) is 12.4 Å². The van der Waals surface area contributed by atoms with E-state index in [1.807, 2.05) is 13.0 Å². The molecular formula is C11H17ClN2. The zero-order valence-corrected chi connectivity index (χ0v) is 9.92. The molecule has 0 N–H and O–H groups in total. The predicted octanol–water partition coefficient (Wildman–Crippen LogP) is 3.33. The van der Waals surface area contributed by atoms with Crippen LogP contribution in [0, 0.1) is 0 Å². The molecule has 78 valence electrons. The molecule has 0 fully saturated rings. The summed E-state index contributed by atoms with van der Waals surface area (Å²) in [5.74, 6) is 0.715. The molecule has 0 bridgehead atoms. The molecule has 0 aliphatic heterocycles. The molecule has 0 radical (unpaired) electrons. The lowest BCUT2D eigenvalue weighted by Gasteiger charge is -2.14. The second-order valence-electron chi connectivity index (χ2n) is 3.99. The van der Waals surface area contributed by atoms with Gasteiger partial charge in [-0.2, -0.15) is 0 Å². The number of halogens is 1. The molecule has 14 heavy (non-hydrogen) atoms. The van der Waals surface area contributed by atoms with Gasteiger partial charge in [-0.3, -0.25) is 0 Å². The van der Waals surface area contributed by atoms with E-state index in [4.69, 9.17) is 11.6 Å². The zero-order chi connectivity index (χ0) is 10.7. The van der Waals surface area contributed by atoms with E-state index in [0.717, 1.165) is 11.4 Å². The maximum Gasteiger partial charge on any atom is 0.115 e. The summed E-state index contributed by atoms with van der Waals surface area (Å²) in [5.41, 5.74) is 2.12. The fourth-order valence-electron chi connectivity index (χ4n) is 1.19. The van der Waals surface area contributed by atoms with Crippen molar-refractivity contribution in [3.63, 3.8) is 0 Å². The summed E-state index contributed by atoms with van der Waals surface area (Å²) in [6, 6.07) is 2.05. The Hall–Kier alpha value is -0.630. The topological polar surface area (TPSA) is 25.8 Å². The molecule has 0 aliphatic carbocycles. The van der Waals surface area contributed by atoms with Crippen molar-refractivity contribution >= 4 is 11.6 Å². The molecule has 3 heteroatoms. The second kappa shape index (κ2) is 4.74. The third kappa shape index (κ3) is 2.68. The van der Waals surface area contributed by atoms with Crippen LogP contribution >= 0.6 is 11.6 Å². The highest BCUT2D eigenvalue weighted by Crippen LogP contribution is 2.22. The fraction of sp³-hybridized carbons (Fsp3) is 0.636. The summed E-state index contributed by atoms with van der Waals surface area (Å²) in [4.78, 5) is 8.47. The maximum atomic E-state index is 6.03. The highest BCUT2D eigenvalue weighted by molar-refractivity contribution is 6.20. The van der Waals surface area contributed by atoms with Crippen LogP contribution in [0.25, 0.3) is 0 Å². The van der Waals surface area contributed by atoms with Gasteiger partial charge in [-0.05, 0) is 18.9 Å². The lowest BCUT2D eigenvalue weighted by atomic mass is 10.0. The van der Waals surface area contributed by atoms with E-state index in [9.17, 15) is 0 Å². The standard InChI is InChI=1S/C11H17ClN2/c1-7(2)10-5-11(14-6-13-10)8(3)9(4)12/h5-9H,1-4H3. The first-order chi connectivity index (χ1) is 6.52. The predicted molar refractivity (Wildman–Crippen MR) is 59.9 cm³/mol. The Balaban J connectivity index is 2.93. The van der Waals surface area contributed by atoms with E-state index < -0.39 is 0 Å². The molecule has 1 heterocycles. The Morgan fingerprint density at radius 1 is 1.07 bits per heavy atom. The van der Waals surface area contributed by atoms with Gasteiger partial charge in [0.15, 0.2) is 0 Å².